The smallest absolute Gasteiger partial charge is 0.148 e. The first-order valence-corrected chi connectivity index (χ1v) is 7.06. The minimum atomic E-state index is -0.336. The number of H-pyrrole nitrogens is 1. The van der Waals surface area contributed by atoms with Crippen LogP contribution in [0.3, 0.4) is 0 Å². The number of rotatable bonds is 4. The number of hydrogen-bond acceptors (Lipinski definition) is 2. The van der Waals surface area contributed by atoms with Gasteiger partial charge in [0.15, 0.2) is 0 Å². The SMILES string of the molecule is Nc1ccc(NCCc2c[nH]c3ccc(Cl)cc23)c(F)c1. The van der Waals surface area contributed by atoms with Gasteiger partial charge in [-0.3, -0.25) is 0 Å². The van der Waals surface area contributed by atoms with E-state index in [9.17, 15) is 4.39 Å². The number of nitrogens with two attached hydrogens (primary N) is 1. The number of anilines is 2. The fourth-order valence-electron chi connectivity index (χ4n) is 2.36. The summed E-state index contributed by atoms with van der Waals surface area (Å²) in [5.74, 6) is -0.336. The highest BCUT2D eigenvalue weighted by Gasteiger charge is 2.05. The van der Waals surface area contributed by atoms with Gasteiger partial charge >= 0.3 is 0 Å². The predicted molar refractivity (Wildman–Crippen MR) is 86.3 cm³/mol. The Labute approximate surface area is 126 Å². The first-order chi connectivity index (χ1) is 10.1. The Bertz CT molecular complexity index is 782. The first-order valence-electron chi connectivity index (χ1n) is 6.68. The quantitative estimate of drug-likeness (QED) is 0.633. The summed E-state index contributed by atoms with van der Waals surface area (Å²) >= 11 is 6.02. The minimum Gasteiger partial charge on any atom is -0.399 e. The predicted octanol–water partition coefficient (Wildman–Crippen LogP) is 4.20. The van der Waals surface area contributed by atoms with Crippen LogP contribution in [0, 0.1) is 5.82 Å². The van der Waals surface area contributed by atoms with Crippen LogP contribution in [0.4, 0.5) is 15.8 Å². The third-order valence-corrected chi connectivity index (χ3v) is 3.67. The molecule has 1 heterocycles. The second-order valence-electron chi connectivity index (χ2n) is 4.92. The lowest BCUT2D eigenvalue weighted by molar-refractivity contribution is 0.631. The van der Waals surface area contributed by atoms with E-state index in [0.29, 0.717) is 22.9 Å². The summed E-state index contributed by atoms with van der Waals surface area (Å²) < 4.78 is 13.7. The van der Waals surface area contributed by atoms with Gasteiger partial charge in [-0.2, -0.15) is 0 Å². The summed E-state index contributed by atoms with van der Waals surface area (Å²) in [7, 11) is 0. The van der Waals surface area contributed by atoms with Gasteiger partial charge in [-0.15, -0.1) is 0 Å². The molecule has 108 valence electrons. The maximum atomic E-state index is 13.7. The van der Waals surface area contributed by atoms with E-state index in [1.165, 1.54) is 6.07 Å². The van der Waals surface area contributed by atoms with Gasteiger partial charge < -0.3 is 16.0 Å². The number of aromatic amines is 1. The molecule has 1 aromatic heterocycles. The topological polar surface area (TPSA) is 53.8 Å². The fraction of sp³-hybridized carbons (Fsp3) is 0.125. The molecule has 21 heavy (non-hydrogen) atoms. The van der Waals surface area contributed by atoms with Gasteiger partial charge in [-0.25, -0.2) is 4.39 Å². The maximum Gasteiger partial charge on any atom is 0.148 e. The molecule has 5 heteroatoms. The molecule has 0 radical (unpaired) electrons. The van der Waals surface area contributed by atoms with Crippen LogP contribution >= 0.6 is 11.6 Å². The molecule has 3 rings (SSSR count). The van der Waals surface area contributed by atoms with Gasteiger partial charge in [-0.05, 0) is 48.4 Å². The van der Waals surface area contributed by atoms with Gasteiger partial charge in [0.25, 0.3) is 0 Å². The van der Waals surface area contributed by atoms with Crippen molar-refractivity contribution in [2.24, 2.45) is 0 Å². The highest BCUT2D eigenvalue weighted by atomic mass is 35.5. The lowest BCUT2D eigenvalue weighted by Crippen LogP contribution is -2.06. The average molecular weight is 304 g/mol. The van der Waals surface area contributed by atoms with Crippen molar-refractivity contribution >= 4 is 33.9 Å². The van der Waals surface area contributed by atoms with E-state index in [2.05, 4.69) is 10.3 Å². The Morgan fingerprint density at radius 3 is 2.86 bits per heavy atom. The molecule has 0 spiro atoms. The zero-order chi connectivity index (χ0) is 14.8. The lowest BCUT2D eigenvalue weighted by Gasteiger charge is -2.07. The summed E-state index contributed by atoms with van der Waals surface area (Å²) in [4.78, 5) is 3.21. The monoisotopic (exact) mass is 303 g/mol. The largest absolute Gasteiger partial charge is 0.399 e. The summed E-state index contributed by atoms with van der Waals surface area (Å²) in [6, 6.07) is 10.4. The fourth-order valence-corrected chi connectivity index (χ4v) is 2.54. The van der Waals surface area contributed by atoms with E-state index < -0.39 is 0 Å². The third-order valence-electron chi connectivity index (χ3n) is 3.43. The van der Waals surface area contributed by atoms with Gasteiger partial charge in [-0.1, -0.05) is 11.6 Å². The molecule has 0 aliphatic heterocycles. The number of aromatic nitrogens is 1. The molecule has 0 unspecified atom stereocenters. The molecular weight excluding hydrogens is 289 g/mol. The molecule has 0 aliphatic carbocycles. The number of nitrogens with one attached hydrogen (secondary N) is 2. The molecule has 3 nitrogen and oxygen atoms in total. The Morgan fingerprint density at radius 1 is 1.19 bits per heavy atom. The van der Waals surface area contributed by atoms with Crippen LogP contribution in [0.1, 0.15) is 5.56 Å². The number of benzene rings is 2. The van der Waals surface area contributed by atoms with Crippen molar-refractivity contribution in [1.82, 2.24) is 4.98 Å². The van der Waals surface area contributed by atoms with E-state index in [0.717, 1.165) is 22.9 Å². The van der Waals surface area contributed by atoms with Gasteiger partial charge in [0.05, 0.1) is 5.69 Å². The van der Waals surface area contributed by atoms with Crippen molar-refractivity contribution in [3.8, 4) is 0 Å². The van der Waals surface area contributed by atoms with Crippen LogP contribution in [0.2, 0.25) is 5.02 Å². The summed E-state index contributed by atoms with van der Waals surface area (Å²) in [6.07, 6.45) is 2.73. The molecule has 0 atom stereocenters. The van der Waals surface area contributed by atoms with Gasteiger partial charge in [0.1, 0.15) is 5.82 Å². The second kappa shape index (κ2) is 5.66. The van der Waals surface area contributed by atoms with Crippen molar-refractivity contribution in [2.45, 2.75) is 6.42 Å². The van der Waals surface area contributed by atoms with Crippen molar-refractivity contribution in [3.05, 3.63) is 59.0 Å². The minimum absolute atomic E-state index is 0.336. The molecule has 0 fully saturated rings. The van der Waals surface area contributed by atoms with Crippen molar-refractivity contribution < 1.29 is 4.39 Å². The van der Waals surface area contributed by atoms with Crippen LogP contribution in [0.25, 0.3) is 10.9 Å². The number of nitrogen functional groups attached to an aromatic ring is 1. The van der Waals surface area contributed by atoms with Crippen molar-refractivity contribution in [2.75, 3.05) is 17.6 Å². The average Bonchev–Trinajstić information content (AvgIpc) is 2.84. The maximum absolute atomic E-state index is 13.7. The number of fused-ring (bicyclic) bond motifs is 1. The number of hydrogen-bond donors (Lipinski definition) is 3. The van der Waals surface area contributed by atoms with Gasteiger partial charge in [0.2, 0.25) is 0 Å². The Kier molecular flexibility index (Phi) is 3.71. The highest BCUT2D eigenvalue weighted by molar-refractivity contribution is 6.31. The normalized spacial score (nSPS) is 11.0. The second-order valence-corrected chi connectivity index (χ2v) is 5.36. The molecule has 3 aromatic rings. The van der Waals surface area contributed by atoms with Crippen LogP contribution in [-0.4, -0.2) is 11.5 Å². The third kappa shape index (κ3) is 2.95. The Morgan fingerprint density at radius 2 is 2.05 bits per heavy atom. The summed E-state index contributed by atoms with van der Waals surface area (Å²) in [6.45, 7) is 0.625. The standard InChI is InChI=1S/C16H15ClFN3/c17-11-1-3-15-13(7-11)10(9-21-15)5-6-20-16-4-2-12(19)8-14(16)18/h1-4,7-9,20-21H,5-6,19H2. The summed E-state index contributed by atoms with van der Waals surface area (Å²) in [5.41, 5.74) is 8.60. The van der Waals surface area contributed by atoms with E-state index in [4.69, 9.17) is 17.3 Å². The lowest BCUT2D eigenvalue weighted by atomic mass is 10.1. The van der Waals surface area contributed by atoms with Crippen LogP contribution in [-0.2, 0) is 6.42 Å². The van der Waals surface area contributed by atoms with Gasteiger partial charge in [0, 0.05) is 34.4 Å². The van der Waals surface area contributed by atoms with Crippen molar-refractivity contribution in [1.29, 1.82) is 0 Å². The van der Waals surface area contributed by atoms with Crippen LogP contribution < -0.4 is 11.1 Å². The Balaban J connectivity index is 1.70. The Hall–Kier alpha value is -2.20. The molecule has 2 aromatic carbocycles. The molecule has 0 saturated heterocycles. The van der Waals surface area contributed by atoms with Crippen LogP contribution in [0.5, 0.6) is 0 Å². The van der Waals surface area contributed by atoms with Crippen LogP contribution in [0.15, 0.2) is 42.6 Å². The van der Waals surface area contributed by atoms with E-state index in [1.54, 1.807) is 12.1 Å². The number of halogens is 2. The zero-order valence-corrected chi connectivity index (χ0v) is 12.0. The zero-order valence-electron chi connectivity index (χ0n) is 11.3. The first kappa shape index (κ1) is 13.8. The van der Waals surface area contributed by atoms with E-state index >= 15 is 0 Å². The summed E-state index contributed by atoms with van der Waals surface area (Å²) in [5, 5.41) is 4.89. The highest BCUT2D eigenvalue weighted by Crippen LogP contribution is 2.23. The van der Waals surface area contributed by atoms with Crippen molar-refractivity contribution in [3.63, 3.8) is 0 Å². The molecule has 0 bridgehead atoms. The molecule has 0 amide bonds. The molecular formula is C16H15ClFN3. The molecule has 0 saturated carbocycles. The molecule has 4 N–H and O–H groups in total. The van der Waals surface area contributed by atoms with E-state index in [1.807, 2.05) is 24.4 Å². The molecule has 0 aliphatic rings. The van der Waals surface area contributed by atoms with E-state index in [-0.39, 0.29) is 5.82 Å².